The van der Waals surface area contributed by atoms with Gasteiger partial charge in [0.25, 0.3) is 5.82 Å². The van der Waals surface area contributed by atoms with E-state index in [1.54, 1.807) is 0 Å². The molecule has 0 radical (unpaired) electrons. The summed E-state index contributed by atoms with van der Waals surface area (Å²) in [6.07, 6.45) is 13.8. The van der Waals surface area contributed by atoms with Gasteiger partial charge in [-0.1, -0.05) is 19.8 Å². The summed E-state index contributed by atoms with van der Waals surface area (Å²) in [6, 6.07) is 0. The third-order valence-electron chi connectivity index (χ3n) is 2.78. The van der Waals surface area contributed by atoms with E-state index in [9.17, 15) is 0 Å². The zero-order valence-electron chi connectivity index (χ0n) is 10.2. The predicted molar refractivity (Wildman–Crippen MR) is 64.5 cm³/mol. The lowest BCUT2D eigenvalue weighted by atomic mass is 10.2. The van der Waals surface area contributed by atoms with E-state index in [1.165, 1.54) is 31.5 Å². The van der Waals surface area contributed by atoms with Crippen molar-refractivity contribution in [3.8, 4) is 0 Å². The van der Waals surface area contributed by atoms with Gasteiger partial charge < -0.3 is 0 Å². The van der Waals surface area contributed by atoms with E-state index in [2.05, 4.69) is 54.6 Å². The second-order valence-electron chi connectivity index (χ2n) is 3.92. The van der Waals surface area contributed by atoms with Crippen LogP contribution in [-0.4, -0.2) is 4.57 Å². The van der Waals surface area contributed by atoms with Gasteiger partial charge in [0.2, 0.25) is 0 Å². The van der Waals surface area contributed by atoms with Crippen molar-refractivity contribution in [1.29, 1.82) is 0 Å². The van der Waals surface area contributed by atoms with Crippen LogP contribution < -0.4 is 4.57 Å². The first-order valence-electron chi connectivity index (χ1n) is 6.03. The Morgan fingerprint density at radius 1 is 1.33 bits per heavy atom. The van der Waals surface area contributed by atoms with Crippen LogP contribution in [0.3, 0.4) is 0 Å². The first kappa shape index (κ1) is 12.0. The van der Waals surface area contributed by atoms with Crippen molar-refractivity contribution in [2.45, 2.75) is 53.0 Å². The van der Waals surface area contributed by atoms with Gasteiger partial charge in [-0.3, -0.25) is 0 Å². The number of aryl methyl sites for hydroxylation is 1. The van der Waals surface area contributed by atoms with Crippen molar-refractivity contribution >= 4 is 6.20 Å². The van der Waals surface area contributed by atoms with Crippen LogP contribution in [0.2, 0.25) is 0 Å². The lowest BCUT2D eigenvalue weighted by Gasteiger charge is -1.93. The highest BCUT2D eigenvalue weighted by Gasteiger charge is 2.06. The van der Waals surface area contributed by atoms with E-state index in [-0.39, 0.29) is 0 Å². The molecular weight excluding hydrogens is 184 g/mol. The molecule has 0 saturated carbocycles. The molecule has 2 nitrogen and oxygen atoms in total. The quantitative estimate of drug-likeness (QED) is 0.500. The van der Waals surface area contributed by atoms with Crippen molar-refractivity contribution in [3.63, 3.8) is 0 Å². The normalized spacial score (nSPS) is 11.4. The summed E-state index contributed by atoms with van der Waals surface area (Å²) in [5, 5.41) is 0. The minimum atomic E-state index is 1.04. The minimum absolute atomic E-state index is 1.04. The number of hydrogen-bond acceptors (Lipinski definition) is 0. The molecule has 0 saturated heterocycles. The summed E-state index contributed by atoms with van der Waals surface area (Å²) in [4.78, 5) is 0. The number of nitrogens with zero attached hydrogens (tertiary/aromatic N) is 2. The number of unbranched alkanes of at least 4 members (excludes halogenated alkanes) is 3. The maximum Gasteiger partial charge on any atom is 0.257 e. The molecule has 2 heteroatoms. The Hall–Kier alpha value is -1.05. The van der Waals surface area contributed by atoms with Crippen molar-refractivity contribution in [2.75, 3.05) is 0 Å². The molecule has 0 spiro atoms. The van der Waals surface area contributed by atoms with Crippen LogP contribution in [0.1, 0.15) is 45.4 Å². The van der Waals surface area contributed by atoms with Crippen LogP contribution in [-0.2, 0) is 6.54 Å². The molecule has 0 aliphatic rings. The Balaban J connectivity index is 2.46. The number of aromatic nitrogens is 2. The lowest BCUT2D eigenvalue weighted by Crippen LogP contribution is -2.33. The maximum absolute atomic E-state index is 2.27. The molecule has 0 unspecified atom stereocenters. The molecule has 0 aliphatic heterocycles. The Morgan fingerprint density at radius 2 is 2.13 bits per heavy atom. The highest BCUT2D eigenvalue weighted by Crippen LogP contribution is 2.01. The lowest BCUT2D eigenvalue weighted by molar-refractivity contribution is -0.698. The molecule has 0 N–H and O–H groups in total. The molecule has 0 aliphatic carbocycles. The van der Waals surface area contributed by atoms with Crippen molar-refractivity contribution in [1.82, 2.24) is 4.57 Å². The molecule has 0 fully saturated rings. The molecule has 15 heavy (non-hydrogen) atoms. The van der Waals surface area contributed by atoms with Gasteiger partial charge in [-0.25, -0.2) is 9.13 Å². The monoisotopic (exact) mass is 207 g/mol. The molecule has 0 bridgehead atoms. The van der Waals surface area contributed by atoms with Crippen LogP contribution in [0.5, 0.6) is 0 Å². The Bertz CT molecular complexity index is 310. The highest BCUT2D eigenvalue weighted by molar-refractivity contribution is 5.22. The number of rotatable bonds is 6. The molecule has 1 aromatic rings. The third kappa shape index (κ3) is 3.54. The van der Waals surface area contributed by atoms with E-state index in [1.807, 2.05) is 0 Å². The smallest absolute Gasteiger partial charge is 0.234 e. The summed E-state index contributed by atoms with van der Waals surface area (Å²) >= 11 is 0. The molecule has 0 amide bonds. The van der Waals surface area contributed by atoms with Gasteiger partial charge in [0.1, 0.15) is 12.4 Å². The van der Waals surface area contributed by atoms with Gasteiger partial charge in [-0.2, -0.15) is 0 Å². The van der Waals surface area contributed by atoms with E-state index in [4.69, 9.17) is 0 Å². The van der Waals surface area contributed by atoms with Crippen LogP contribution in [0.15, 0.2) is 18.5 Å². The fourth-order valence-electron chi connectivity index (χ4n) is 1.71. The van der Waals surface area contributed by atoms with Crippen molar-refractivity contribution in [3.05, 3.63) is 24.3 Å². The Labute approximate surface area is 93.2 Å². The Morgan fingerprint density at radius 3 is 2.73 bits per heavy atom. The fourth-order valence-corrected chi connectivity index (χ4v) is 1.71. The van der Waals surface area contributed by atoms with Crippen LogP contribution in [0, 0.1) is 6.92 Å². The summed E-state index contributed by atoms with van der Waals surface area (Å²) < 4.78 is 4.44. The topological polar surface area (TPSA) is 8.81 Å². The summed E-state index contributed by atoms with van der Waals surface area (Å²) in [7, 11) is 0. The van der Waals surface area contributed by atoms with E-state index in [0.29, 0.717) is 0 Å². The van der Waals surface area contributed by atoms with Crippen molar-refractivity contribution < 1.29 is 4.57 Å². The molecule has 1 rings (SSSR count). The van der Waals surface area contributed by atoms with Crippen LogP contribution >= 0.6 is 0 Å². The van der Waals surface area contributed by atoms with Crippen LogP contribution in [0.25, 0.3) is 6.20 Å². The van der Waals surface area contributed by atoms with E-state index < -0.39 is 0 Å². The third-order valence-corrected chi connectivity index (χ3v) is 2.78. The first-order valence-corrected chi connectivity index (χ1v) is 6.03. The fraction of sp³-hybridized carbons (Fsp3) is 0.615. The average molecular weight is 207 g/mol. The number of allylic oxidation sites excluding steroid dienone is 1. The van der Waals surface area contributed by atoms with Crippen molar-refractivity contribution in [2.24, 2.45) is 0 Å². The second kappa shape index (κ2) is 6.44. The first-order chi connectivity index (χ1) is 7.29. The summed E-state index contributed by atoms with van der Waals surface area (Å²) in [6.45, 7) is 7.61. The molecular formula is C13H23N2+. The van der Waals surface area contributed by atoms with Gasteiger partial charge >= 0.3 is 0 Å². The zero-order chi connectivity index (χ0) is 11.1. The largest absolute Gasteiger partial charge is 0.257 e. The highest BCUT2D eigenvalue weighted by atomic mass is 15.1. The summed E-state index contributed by atoms with van der Waals surface area (Å²) in [5.41, 5.74) is 0. The minimum Gasteiger partial charge on any atom is -0.234 e. The number of hydrogen-bond donors (Lipinski definition) is 0. The molecule has 0 aromatic carbocycles. The second-order valence-corrected chi connectivity index (χ2v) is 3.92. The van der Waals surface area contributed by atoms with Gasteiger partial charge in [0.05, 0.1) is 12.7 Å². The zero-order valence-corrected chi connectivity index (χ0v) is 10.2. The van der Waals surface area contributed by atoms with Crippen LogP contribution in [0.4, 0.5) is 0 Å². The standard InChI is InChI=1S/C13H23N2/c1-4-6-7-8-9-10-15-12-11-14(5-2)13(15)3/h9-12H,4-8H2,1-3H3/q+1. The number of imidazole rings is 1. The van der Waals surface area contributed by atoms with Gasteiger partial charge in [-0.05, 0) is 25.8 Å². The van der Waals surface area contributed by atoms with Gasteiger partial charge in [-0.15, -0.1) is 0 Å². The van der Waals surface area contributed by atoms with Gasteiger partial charge in [0.15, 0.2) is 0 Å². The van der Waals surface area contributed by atoms with Gasteiger partial charge in [0, 0.05) is 6.92 Å². The molecule has 1 aromatic heterocycles. The molecule has 84 valence electrons. The SMILES string of the molecule is CCCCCC=Cn1cc[n+](CC)c1C. The Kier molecular flexibility index (Phi) is 5.16. The summed E-state index contributed by atoms with van der Waals surface area (Å²) in [5.74, 6) is 1.30. The average Bonchev–Trinajstić information content (AvgIpc) is 2.60. The maximum atomic E-state index is 2.27. The molecule has 1 heterocycles. The predicted octanol–water partition coefficient (Wildman–Crippen LogP) is 3.15. The van der Waals surface area contributed by atoms with E-state index in [0.717, 1.165) is 6.54 Å². The van der Waals surface area contributed by atoms with E-state index >= 15 is 0 Å². The molecule has 0 atom stereocenters.